The number of fused-ring (bicyclic) bond motifs is 2. The van der Waals surface area contributed by atoms with Crippen LogP contribution in [0.1, 0.15) is 87.4 Å². The summed E-state index contributed by atoms with van der Waals surface area (Å²) in [6.07, 6.45) is 11.6. The molecule has 4 fully saturated rings. The van der Waals surface area contributed by atoms with Gasteiger partial charge in [0.25, 0.3) is 0 Å². The van der Waals surface area contributed by atoms with Crippen LogP contribution in [0.2, 0.25) is 0 Å². The SMILES string of the molecule is O=C(N[C@H](c1ccccc1)[C@H](NC(=O)[C@@H]1C[C@@H]2CCCC[C@@H]2N1)c1ccccc1)[C@@H]1C[C@@H]2CCCC[C@@H]2N1. The van der Waals surface area contributed by atoms with E-state index in [2.05, 4.69) is 45.5 Å². The highest BCUT2D eigenvalue weighted by Crippen LogP contribution is 2.36. The fourth-order valence-corrected chi connectivity index (χ4v) is 7.59. The molecule has 4 aliphatic rings. The second kappa shape index (κ2) is 11.6. The Morgan fingerprint density at radius 1 is 0.605 bits per heavy atom. The third kappa shape index (κ3) is 5.52. The highest BCUT2D eigenvalue weighted by molar-refractivity contribution is 5.84. The van der Waals surface area contributed by atoms with E-state index in [1.54, 1.807) is 0 Å². The molecule has 6 heteroatoms. The van der Waals surface area contributed by atoms with Gasteiger partial charge in [-0.1, -0.05) is 86.3 Å². The van der Waals surface area contributed by atoms with Crippen LogP contribution in [0.25, 0.3) is 0 Å². The molecule has 2 amide bonds. The molecule has 2 aromatic rings. The largest absolute Gasteiger partial charge is 0.345 e. The smallest absolute Gasteiger partial charge is 0.237 e. The molecule has 2 aromatic carbocycles. The molecule has 6 nitrogen and oxygen atoms in total. The van der Waals surface area contributed by atoms with Crippen LogP contribution >= 0.6 is 0 Å². The number of carbonyl (C=O) groups is 2. The van der Waals surface area contributed by atoms with Crippen LogP contribution in [0.15, 0.2) is 60.7 Å². The predicted octanol–water partition coefficient (Wildman–Crippen LogP) is 4.54. The zero-order valence-corrected chi connectivity index (χ0v) is 22.3. The number of amides is 2. The van der Waals surface area contributed by atoms with E-state index in [1.165, 1.54) is 38.5 Å². The third-order valence-corrected chi connectivity index (χ3v) is 9.60. The number of hydrogen-bond acceptors (Lipinski definition) is 4. The predicted molar refractivity (Wildman–Crippen MR) is 149 cm³/mol. The second-order valence-electron chi connectivity index (χ2n) is 12.0. The molecule has 0 radical (unpaired) electrons. The number of benzene rings is 2. The van der Waals surface area contributed by atoms with Crippen molar-refractivity contribution in [1.29, 1.82) is 0 Å². The standard InChI is InChI=1S/C32H42N4O2/c37-31(27-19-23-15-7-9-17-25(23)33-27)35-29(21-11-3-1-4-12-21)30(22-13-5-2-6-14-22)36-32(38)28-20-24-16-8-10-18-26(24)34-28/h1-6,11-14,23-30,33-34H,7-10,15-20H2,(H,35,37)(H,36,38)/t23-,24-,25-,26-,27-,28-,29+,30+/m0/s1. The summed E-state index contributed by atoms with van der Waals surface area (Å²) in [5.74, 6) is 1.26. The summed E-state index contributed by atoms with van der Waals surface area (Å²) in [5, 5.41) is 14.1. The highest BCUT2D eigenvalue weighted by Gasteiger charge is 2.41. The van der Waals surface area contributed by atoms with Gasteiger partial charge in [-0.3, -0.25) is 9.59 Å². The quantitative estimate of drug-likeness (QED) is 0.437. The Hall–Kier alpha value is -2.70. The van der Waals surface area contributed by atoms with E-state index in [0.29, 0.717) is 23.9 Å². The Morgan fingerprint density at radius 2 is 1.00 bits per heavy atom. The molecule has 2 aliphatic carbocycles. The molecule has 202 valence electrons. The Kier molecular flexibility index (Phi) is 7.80. The van der Waals surface area contributed by atoms with Gasteiger partial charge in [-0.15, -0.1) is 0 Å². The van der Waals surface area contributed by atoms with Crippen LogP contribution in [-0.4, -0.2) is 36.0 Å². The van der Waals surface area contributed by atoms with E-state index in [0.717, 1.165) is 36.8 Å². The lowest BCUT2D eigenvalue weighted by atomic mass is 9.85. The fraction of sp³-hybridized carbons (Fsp3) is 0.562. The van der Waals surface area contributed by atoms with Gasteiger partial charge in [-0.05, 0) is 61.5 Å². The van der Waals surface area contributed by atoms with Crippen LogP contribution in [0.5, 0.6) is 0 Å². The molecule has 2 saturated carbocycles. The van der Waals surface area contributed by atoms with E-state index in [1.807, 2.05) is 36.4 Å². The second-order valence-corrected chi connectivity index (χ2v) is 12.0. The van der Waals surface area contributed by atoms with Crippen LogP contribution in [-0.2, 0) is 9.59 Å². The minimum absolute atomic E-state index is 0.0356. The fourth-order valence-electron chi connectivity index (χ4n) is 7.59. The molecule has 8 atom stereocenters. The normalized spacial score (nSPS) is 32.0. The van der Waals surface area contributed by atoms with Crippen molar-refractivity contribution in [3.8, 4) is 0 Å². The average molecular weight is 515 g/mol. The summed E-state index contributed by atoms with van der Waals surface area (Å²) in [4.78, 5) is 27.4. The third-order valence-electron chi connectivity index (χ3n) is 9.60. The van der Waals surface area contributed by atoms with Gasteiger partial charge < -0.3 is 21.3 Å². The van der Waals surface area contributed by atoms with Crippen LogP contribution in [0, 0.1) is 11.8 Å². The van der Waals surface area contributed by atoms with Gasteiger partial charge in [-0.2, -0.15) is 0 Å². The summed E-state index contributed by atoms with van der Waals surface area (Å²) >= 11 is 0. The lowest BCUT2D eigenvalue weighted by Crippen LogP contribution is -2.50. The van der Waals surface area contributed by atoms with Crippen LogP contribution in [0.3, 0.4) is 0 Å². The molecule has 4 N–H and O–H groups in total. The van der Waals surface area contributed by atoms with Gasteiger partial charge in [0.05, 0.1) is 24.2 Å². The van der Waals surface area contributed by atoms with E-state index in [9.17, 15) is 9.59 Å². The summed E-state index contributed by atoms with van der Waals surface area (Å²) in [6.45, 7) is 0. The Labute approximate surface area is 226 Å². The van der Waals surface area contributed by atoms with E-state index >= 15 is 0 Å². The lowest BCUT2D eigenvalue weighted by Gasteiger charge is -2.32. The molecule has 0 unspecified atom stereocenters. The van der Waals surface area contributed by atoms with Crippen LogP contribution < -0.4 is 21.3 Å². The molecule has 0 spiro atoms. The first-order chi connectivity index (χ1) is 18.7. The molecule has 2 saturated heterocycles. The maximum Gasteiger partial charge on any atom is 0.237 e. The Morgan fingerprint density at radius 3 is 1.39 bits per heavy atom. The van der Waals surface area contributed by atoms with Crippen LogP contribution in [0.4, 0.5) is 0 Å². The van der Waals surface area contributed by atoms with Gasteiger partial charge in [0.15, 0.2) is 0 Å². The van der Waals surface area contributed by atoms with Crippen molar-refractivity contribution in [2.75, 3.05) is 0 Å². The van der Waals surface area contributed by atoms with Gasteiger partial charge >= 0.3 is 0 Å². The van der Waals surface area contributed by atoms with Gasteiger partial charge in [0.1, 0.15) is 0 Å². The molecule has 2 heterocycles. The number of rotatable bonds is 7. The number of nitrogens with one attached hydrogen (secondary N) is 4. The Bertz CT molecular complexity index is 978. The molecule has 2 aliphatic heterocycles. The van der Waals surface area contributed by atoms with Crippen molar-refractivity contribution >= 4 is 11.8 Å². The maximum atomic E-state index is 13.7. The monoisotopic (exact) mass is 514 g/mol. The molecule has 0 aromatic heterocycles. The topological polar surface area (TPSA) is 82.3 Å². The maximum absolute atomic E-state index is 13.7. The first-order valence-corrected chi connectivity index (χ1v) is 14.9. The van der Waals surface area contributed by atoms with E-state index in [4.69, 9.17) is 0 Å². The van der Waals surface area contributed by atoms with E-state index in [-0.39, 0.29) is 36.0 Å². The number of hydrogen-bond donors (Lipinski definition) is 4. The lowest BCUT2D eigenvalue weighted by molar-refractivity contribution is -0.126. The summed E-state index contributed by atoms with van der Waals surface area (Å²) in [7, 11) is 0. The molecular formula is C32H42N4O2. The molecule has 38 heavy (non-hydrogen) atoms. The summed E-state index contributed by atoms with van der Waals surface area (Å²) in [5.41, 5.74) is 2.00. The van der Waals surface area contributed by atoms with Crippen molar-refractivity contribution in [2.24, 2.45) is 11.8 Å². The summed E-state index contributed by atoms with van der Waals surface area (Å²) < 4.78 is 0. The van der Waals surface area contributed by atoms with Crippen molar-refractivity contribution in [3.05, 3.63) is 71.8 Å². The van der Waals surface area contributed by atoms with Gasteiger partial charge in [-0.25, -0.2) is 0 Å². The number of carbonyl (C=O) groups excluding carboxylic acids is 2. The van der Waals surface area contributed by atoms with Gasteiger partial charge in [0.2, 0.25) is 11.8 Å². The minimum Gasteiger partial charge on any atom is -0.345 e. The zero-order chi connectivity index (χ0) is 25.9. The van der Waals surface area contributed by atoms with Crippen molar-refractivity contribution in [2.45, 2.75) is 100 Å². The first-order valence-electron chi connectivity index (χ1n) is 14.9. The van der Waals surface area contributed by atoms with Crippen molar-refractivity contribution in [3.63, 3.8) is 0 Å². The minimum atomic E-state index is -0.372. The molecule has 6 rings (SSSR count). The zero-order valence-electron chi connectivity index (χ0n) is 22.3. The summed E-state index contributed by atoms with van der Waals surface area (Å²) in [6, 6.07) is 20.0. The van der Waals surface area contributed by atoms with Crippen molar-refractivity contribution < 1.29 is 9.59 Å². The first kappa shape index (κ1) is 25.6. The Balaban J connectivity index is 1.25. The average Bonchev–Trinajstić information content (AvgIpc) is 3.60. The van der Waals surface area contributed by atoms with Gasteiger partial charge in [0, 0.05) is 12.1 Å². The highest BCUT2D eigenvalue weighted by atomic mass is 16.2. The van der Waals surface area contributed by atoms with Crippen molar-refractivity contribution in [1.82, 2.24) is 21.3 Å². The molecule has 0 bridgehead atoms. The van der Waals surface area contributed by atoms with E-state index < -0.39 is 0 Å². The molecular weight excluding hydrogens is 472 g/mol.